The van der Waals surface area contributed by atoms with E-state index in [4.69, 9.17) is 4.74 Å². The summed E-state index contributed by atoms with van der Waals surface area (Å²) >= 11 is 0. The number of fused-ring (bicyclic) bond motifs is 1. The Morgan fingerprint density at radius 3 is 2.62 bits per heavy atom. The number of halogens is 1. The van der Waals surface area contributed by atoms with E-state index in [1.807, 2.05) is 31.2 Å². The van der Waals surface area contributed by atoms with E-state index in [9.17, 15) is 4.79 Å². The molecule has 24 heavy (non-hydrogen) atoms. The van der Waals surface area contributed by atoms with Gasteiger partial charge in [-0.2, -0.15) is 0 Å². The van der Waals surface area contributed by atoms with E-state index in [0.29, 0.717) is 13.2 Å². The summed E-state index contributed by atoms with van der Waals surface area (Å²) in [4.78, 5) is 12.6. The van der Waals surface area contributed by atoms with E-state index in [1.165, 1.54) is 11.4 Å². The quantitative estimate of drug-likeness (QED) is 0.513. The second-order valence-electron chi connectivity index (χ2n) is 5.69. The molecule has 0 unspecified atom stereocenters. The van der Waals surface area contributed by atoms with Gasteiger partial charge in [0, 0.05) is 18.2 Å². The van der Waals surface area contributed by atoms with Crippen LogP contribution in [0.4, 0.5) is 0 Å². The lowest BCUT2D eigenvalue weighted by atomic mass is 10.1. The lowest BCUT2D eigenvalue weighted by Crippen LogP contribution is -3.00. The highest BCUT2D eigenvalue weighted by atomic mass is 79.9. The zero-order valence-corrected chi connectivity index (χ0v) is 15.8. The maximum absolute atomic E-state index is 12.6. The smallest absolute Gasteiger partial charge is 0.227 e. The van der Waals surface area contributed by atoms with Gasteiger partial charge in [-0.05, 0) is 43.3 Å². The number of nitrogens with zero attached hydrogens (tertiary/aromatic N) is 2. The Morgan fingerprint density at radius 2 is 1.96 bits per heavy atom. The van der Waals surface area contributed by atoms with Crippen molar-refractivity contribution in [2.75, 3.05) is 19.7 Å². The summed E-state index contributed by atoms with van der Waals surface area (Å²) in [5.74, 6) is 0.958. The van der Waals surface area contributed by atoms with Crippen molar-refractivity contribution < 1.29 is 31.1 Å². The van der Waals surface area contributed by atoms with E-state index >= 15 is 0 Å². The third kappa shape index (κ3) is 3.78. The van der Waals surface area contributed by atoms with Crippen molar-refractivity contribution in [2.24, 2.45) is 0 Å². The number of ether oxygens (including phenoxy) is 1. The van der Waals surface area contributed by atoms with Crippen molar-refractivity contribution in [3.8, 4) is 5.75 Å². The minimum atomic E-state index is 0. The molecule has 4 nitrogen and oxygen atoms in total. The molecule has 0 aliphatic carbocycles. The van der Waals surface area contributed by atoms with Crippen LogP contribution in [0.25, 0.3) is 0 Å². The standard InChI is InChI=1S/C19H23N2O2.BrH/c1-3-17-18-6-5-11-20(18)12-13-21(17)14-19(22)15-7-9-16(10-8-15)23-4-2;/h5-11H,3-4,12-14H2,1-2H3;1H/q+1;/p-1. The molecule has 0 radical (unpaired) electrons. The first kappa shape index (κ1) is 18.5. The zero-order chi connectivity index (χ0) is 16.2. The van der Waals surface area contributed by atoms with Gasteiger partial charge in [0.05, 0.1) is 13.2 Å². The molecule has 0 saturated heterocycles. The highest BCUT2D eigenvalue weighted by molar-refractivity contribution is 5.99. The number of Topliss-reactive ketones (excluding diaryl/α,β-unsaturated/α-hetero) is 1. The maximum atomic E-state index is 12.6. The van der Waals surface area contributed by atoms with Gasteiger partial charge in [-0.15, -0.1) is 0 Å². The normalized spacial score (nSPS) is 13.2. The third-order valence-electron chi connectivity index (χ3n) is 4.27. The Bertz CT molecular complexity index is 732. The van der Waals surface area contributed by atoms with Gasteiger partial charge in [0.1, 0.15) is 11.4 Å². The monoisotopic (exact) mass is 390 g/mol. The molecular formula is C19H23BrN2O2. The number of hydrogen-bond acceptors (Lipinski definition) is 2. The van der Waals surface area contributed by atoms with Crippen LogP contribution in [0.3, 0.4) is 0 Å². The summed E-state index contributed by atoms with van der Waals surface area (Å²) in [5.41, 5.74) is 3.23. The first-order valence-corrected chi connectivity index (χ1v) is 8.25. The molecule has 3 rings (SSSR count). The van der Waals surface area contributed by atoms with Crippen LogP contribution in [0.15, 0.2) is 42.6 Å². The second-order valence-corrected chi connectivity index (χ2v) is 5.69. The summed E-state index contributed by atoms with van der Waals surface area (Å²) in [6, 6.07) is 11.6. The van der Waals surface area contributed by atoms with Crippen molar-refractivity contribution in [1.82, 2.24) is 4.57 Å². The molecule has 5 heteroatoms. The van der Waals surface area contributed by atoms with Crippen LogP contribution < -0.4 is 21.7 Å². The van der Waals surface area contributed by atoms with Gasteiger partial charge >= 0.3 is 0 Å². The van der Waals surface area contributed by atoms with Gasteiger partial charge in [0.25, 0.3) is 0 Å². The van der Waals surface area contributed by atoms with E-state index in [-0.39, 0.29) is 22.8 Å². The van der Waals surface area contributed by atoms with Crippen molar-refractivity contribution in [1.29, 1.82) is 0 Å². The highest BCUT2D eigenvalue weighted by Gasteiger charge is 2.26. The topological polar surface area (TPSA) is 34.2 Å². The maximum Gasteiger partial charge on any atom is 0.227 e. The number of carbonyl (C=O) groups excluding carboxylic acids is 1. The second kappa shape index (κ2) is 8.29. The first-order chi connectivity index (χ1) is 11.2. The fourth-order valence-corrected chi connectivity index (χ4v) is 3.14. The highest BCUT2D eigenvalue weighted by Crippen LogP contribution is 2.15. The summed E-state index contributed by atoms with van der Waals surface area (Å²) < 4.78 is 9.90. The number of hydrogen-bond donors (Lipinski definition) is 0. The van der Waals surface area contributed by atoms with Crippen LogP contribution in [0.2, 0.25) is 0 Å². The molecule has 0 amide bonds. The van der Waals surface area contributed by atoms with Crippen LogP contribution in [0.5, 0.6) is 5.75 Å². The van der Waals surface area contributed by atoms with E-state index in [1.54, 1.807) is 0 Å². The molecule has 128 valence electrons. The number of ketones is 1. The molecule has 0 bridgehead atoms. The predicted molar refractivity (Wildman–Crippen MR) is 90.8 cm³/mol. The van der Waals surface area contributed by atoms with Gasteiger partial charge in [-0.1, -0.05) is 6.92 Å². The Hall–Kier alpha value is -1.88. The lowest BCUT2D eigenvalue weighted by molar-refractivity contribution is -0.519. The predicted octanol–water partition coefficient (Wildman–Crippen LogP) is -0.00110. The van der Waals surface area contributed by atoms with E-state index in [0.717, 1.165) is 30.8 Å². The van der Waals surface area contributed by atoms with Crippen LogP contribution in [-0.4, -0.2) is 40.3 Å². The summed E-state index contributed by atoms with van der Waals surface area (Å²) in [7, 11) is 0. The number of aromatic nitrogens is 1. The van der Waals surface area contributed by atoms with Gasteiger partial charge in [0.15, 0.2) is 12.3 Å². The Labute approximate surface area is 153 Å². The molecule has 1 aromatic carbocycles. The van der Waals surface area contributed by atoms with Gasteiger partial charge in [0.2, 0.25) is 12.3 Å². The molecule has 0 spiro atoms. The van der Waals surface area contributed by atoms with Gasteiger partial charge in [-0.3, -0.25) is 4.79 Å². The largest absolute Gasteiger partial charge is 1.00 e. The van der Waals surface area contributed by atoms with Crippen LogP contribution >= 0.6 is 0 Å². The molecule has 1 aromatic heterocycles. The van der Waals surface area contributed by atoms with Crippen molar-refractivity contribution in [3.05, 3.63) is 53.9 Å². The van der Waals surface area contributed by atoms with Crippen LogP contribution in [0.1, 0.15) is 36.3 Å². The van der Waals surface area contributed by atoms with Crippen molar-refractivity contribution in [2.45, 2.75) is 26.8 Å². The SMILES string of the molecule is CCOc1ccc(C(=O)C[N+]2=C(CC)c3cccn3CC2)cc1.[Br-]. The summed E-state index contributed by atoms with van der Waals surface area (Å²) in [5, 5.41) is 0. The first-order valence-electron chi connectivity index (χ1n) is 8.25. The minimum absolute atomic E-state index is 0. The average molecular weight is 391 g/mol. The van der Waals surface area contributed by atoms with Crippen molar-refractivity contribution in [3.63, 3.8) is 0 Å². The Kier molecular flexibility index (Phi) is 6.37. The van der Waals surface area contributed by atoms with Crippen LogP contribution in [0, 0.1) is 0 Å². The molecule has 0 atom stereocenters. The molecular weight excluding hydrogens is 368 g/mol. The number of carbonyl (C=O) groups is 1. The number of rotatable bonds is 6. The fraction of sp³-hybridized carbons (Fsp3) is 0.368. The molecule has 0 fully saturated rings. The van der Waals surface area contributed by atoms with Crippen molar-refractivity contribution >= 4 is 11.5 Å². The third-order valence-corrected chi connectivity index (χ3v) is 4.27. The van der Waals surface area contributed by atoms with Gasteiger partial charge < -0.3 is 26.3 Å². The molecule has 2 aromatic rings. The van der Waals surface area contributed by atoms with Gasteiger partial charge in [-0.25, -0.2) is 4.58 Å². The van der Waals surface area contributed by atoms with E-state index in [2.05, 4.69) is 34.4 Å². The zero-order valence-electron chi connectivity index (χ0n) is 14.2. The Balaban J connectivity index is 0.00000208. The van der Waals surface area contributed by atoms with E-state index < -0.39 is 0 Å². The molecule has 2 heterocycles. The summed E-state index contributed by atoms with van der Waals surface area (Å²) in [6.07, 6.45) is 3.04. The molecule has 0 saturated carbocycles. The fourth-order valence-electron chi connectivity index (χ4n) is 3.14. The molecule has 1 aliphatic rings. The number of benzene rings is 1. The summed E-state index contributed by atoms with van der Waals surface area (Å²) in [6.45, 7) is 6.98. The Morgan fingerprint density at radius 1 is 1.21 bits per heavy atom. The molecule has 1 aliphatic heterocycles. The minimum Gasteiger partial charge on any atom is -1.00 e. The lowest BCUT2D eigenvalue weighted by Gasteiger charge is -2.17. The molecule has 0 N–H and O–H groups in total. The van der Waals surface area contributed by atoms with Crippen LogP contribution in [-0.2, 0) is 6.54 Å². The average Bonchev–Trinajstić information content (AvgIpc) is 3.04.